The summed E-state index contributed by atoms with van der Waals surface area (Å²) in [6.07, 6.45) is 0.145. The average Bonchev–Trinajstić information content (AvgIpc) is 2.95. The number of hydrogen-bond donors (Lipinski definition) is 3. The lowest BCUT2D eigenvalue weighted by Gasteiger charge is -2.11. The van der Waals surface area contributed by atoms with Crippen LogP contribution in [0.2, 0.25) is 0 Å². The molecule has 26 heavy (non-hydrogen) atoms. The number of sulfonamides is 1. The van der Waals surface area contributed by atoms with Gasteiger partial charge in [-0.2, -0.15) is 0 Å². The van der Waals surface area contributed by atoms with Crippen LogP contribution in [0.25, 0.3) is 0 Å². The molecule has 2 aromatic rings. The number of carbonyl (C=O) groups is 2. The number of aryl methyl sites for hydroxylation is 2. The summed E-state index contributed by atoms with van der Waals surface area (Å²) in [7, 11) is -3.85. The molecule has 1 aliphatic rings. The minimum Gasteiger partial charge on any atom is -0.326 e. The van der Waals surface area contributed by atoms with Crippen molar-refractivity contribution in [2.24, 2.45) is 0 Å². The molecule has 7 nitrogen and oxygen atoms in total. The van der Waals surface area contributed by atoms with Crippen LogP contribution < -0.4 is 15.4 Å². The van der Waals surface area contributed by atoms with Crippen molar-refractivity contribution in [3.8, 4) is 0 Å². The van der Waals surface area contributed by atoms with Crippen LogP contribution in [-0.2, 0) is 26.0 Å². The third kappa shape index (κ3) is 3.92. The molecule has 0 unspecified atom stereocenters. The molecule has 0 radical (unpaired) electrons. The Morgan fingerprint density at radius 1 is 1.15 bits per heavy atom. The van der Waals surface area contributed by atoms with Gasteiger partial charge in [-0.3, -0.25) is 9.59 Å². The van der Waals surface area contributed by atoms with Crippen molar-refractivity contribution in [2.75, 3.05) is 17.2 Å². The van der Waals surface area contributed by atoms with Gasteiger partial charge >= 0.3 is 0 Å². The number of anilines is 2. The van der Waals surface area contributed by atoms with Crippen LogP contribution in [0, 0.1) is 13.8 Å². The monoisotopic (exact) mass is 373 g/mol. The molecule has 136 valence electrons. The highest BCUT2D eigenvalue weighted by atomic mass is 32.2. The molecule has 0 bridgehead atoms. The molecule has 3 rings (SSSR count). The van der Waals surface area contributed by atoms with Crippen molar-refractivity contribution in [3.05, 3.63) is 53.1 Å². The van der Waals surface area contributed by atoms with Gasteiger partial charge in [0.15, 0.2) is 0 Å². The predicted octanol–water partition coefficient (Wildman–Crippen LogP) is 1.72. The Hall–Kier alpha value is -2.71. The summed E-state index contributed by atoms with van der Waals surface area (Å²) < 4.78 is 27.1. The van der Waals surface area contributed by atoms with E-state index in [0.717, 1.165) is 11.1 Å². The van der Waals surface area contributed by atoms with Gasteiger partial charge in [-0.15, -0.1) is 0 Å². The van der Waals surface area contributed by atoms with Crippen molar-refractivity contribution in [1.82, 2.24) is 4.72 Å². The van der Waals surface area contributed by atoms with Gasteiger partial charge < -0.3 is 10.6 Å². The Labute approximate surface area is 151 Å². The first kappa shape index (κ1) is 18.1. The number of hydrogen-bond acceptors (Lipinski definition) is 4. The molecule has 1 aliphatic heterocycles. The molecule has 8 heteroatoms. The lowest BCUT2D eigenvalue weighted by atomic mass is 10.1. The minimum absolute atomic E-state index is 0.0204. The van der Waals surface area contributed by atoms with E-state index >= 15 is 0 Å². The van der Waals surface area contributed by atoms with Crippen molar-refractivity contribution in [3.63, 3.8) is 0 Å². The molecular formula is C18H19N3O4S. The van der Waals surface area contributed by atoms with Crippen LogP contribution in [-0.4, -0.2) is 26.8 Å². The van der Waals surface area contributed by atoms with E-state index in [-0.39, 0.29) is 23.8 Å². The number of benzene rings is 2. The Kier molecular flexibility index (Phi) is 4.80. The lowest BCUT2D eigenvalue weighted by molar-refractivity contribution is -0.115. The molecule has 0 spiro atoms. The number of carbonyl (C=O) groups excluding carboxylic acids is 2. The van der Waals surface area contributed by atoms with E-state index in [0.29, 0.717) is 16.9 Å². The second-order valence-corrected chi connectivity index (χ2v) is 8.00. The van der Waals surface area contributed by atoms with Gasteiger partial charge in [0, 0.05) is 11.4 Å². The first-order valence-corrected chi connectivity index (χ1v) is 9.52. The maximum absolute atomic E-state index is 12.4. The van der Waals surface area contributed by atoms with E-state index < -0.39 is 15.9 Å². The second kappa shape index (κ2) is 6.89. The summed E-state index contributed by atoms with van der Waals surface area (Å²) >= 11 is 0. The van der Waals surface area contributed by atoms with Crippen LogP contribution in [0.3, 0.4) is 0 Å². The number of amides is 2. The van der Waals surface area contributed by atoms with E-state index in [1.807, 2.05) is 26.0 Å². The predicted molar refractivity (Wildman–Crippen MR) is 98.5 cm³/mol. The summed E-state index contributed by atoms with van der Waals surface area (Å²) in [4.78, 5) is 23.5. The molecule has 0 aromatic heterocycles. The van der Waals surface area contributed by atoms with Gasteiger partial charge in [-0.25, -0.2) is 13.1 Å². The van der Waals surface area contributed by atoms with Crippen molar-refractivity contribution >= 4 is 33.2 Å². The second-order valence-electron chi connectivity index (χ2n) is 6.24. The van der Waals surface area contributed by atoms with Gasteiger partial charge in [0.2, 0.25) is 21.8 Å². The molecule has 0 saturated heterocycles. The maximum atomic E-state index is 12.4. The van der Waals surface area contributed by atoms with Crippen molar-refractivity contribution in [2.45, 2.75) is 25.2 Å². The van der Waals surface area contributed by atoms with Crippen LogP contribution in [0.5, 0.6) is 0 Å². The summed E-state index contributed by atoms with van der Waals surface area (Å²) in [6, 6.07) is 9.96. The highest BCUT2D eigenvalue weighted by Gasteiger charge is 2.22. The smallest absolute Gasteiger partial charge is 0.241 e. The van der Waals surface area contributed by atoms with E-state index in [1.165, 1.54) is 12.1 Å². The summed E-state index contributed by atoms with van der Waals surface area (Å²) in [6.45, 7) is 3.43. The highest BCUT2D eigenvalue weighted by molar-refractivity contribution is 7.89. The van der Waals surface area contributed by atoms with E-state index in [1.54, 1.807) is 12.1 Å². The topological polar surface area (TPSA) is 104 Å². The highest BCUT2D eigenvalue weighted by Crippen LogP contribution is 2.25. The number of fused-ring (bicyclic) bond motifs is 1. The minimum atomic E-state index is -3.85. The molecule has 2 aromatic carbocycles. The molecule has 0 aliphatic carbocycles. The van der Waals surface area contributed by atoms with Crippen LogP contribution >= 0.6 is 0 Å². The first-order chi connectivity index (χ1) is 12.2. The zero-order valence-electron chi connectivity index (χ0n) is 14.4. The summed E-state index contributed by atoms with van der Waals surface area (Å²) in [5.41, 5.74) is 3.85. The van der Waals surface area contributed by atoms with E-state index in [2.05, 4.69) is 15.4 Å². The molecule has 0 saturated carbocycles. The standard InChI is InChI=1S/C18H19N3O4S/c1-11-3-5-15(12(2)7-11)20-18(23)10-19-26(24,25)14-4-6-16-13(8-14)9-17(22)21-16/h3-8,19H,9-10H2,1-2H3,(H,20,23)(H,21,22). The Balaban J connectivity index is 1.66. The fraction of sp³-hybridized carbons (Fsp3) is 0.222. The van der Waals surface area contributed by atoms with Crippen LogP contribution in [0.15, 0.2) is 41.3 Å². The van der Waals surface area contributed by atoms with Crippen LogP contribution in [0.4, 0.5) is 11.4 Å². The van der Waals surface area contributed by atoms with Gasteiger partial charge in [-0.1, -0.05) is 17.7 Å². The van der Waals surface area contributed by atoms with Crippen LogP contribution in [0.1, 0.15) is 16.7 Å². The van der Waals surface area contributed by atoms with Gasteiger partial charge in [0.05, 0.1) is 17.9 Å². The average molecular weight is 373 g/mol. The van der Waals surface area contributed by atoms with E-state index in [4.69, 9.17) is 0 Å². The fourth-order valence-electron chi connectivity index (χ4n) is 2.76. The molecule has 0 fully saturated rings. The Bertz CT molecular complexity index is 999. The normalized spacial score (nSPS) is 13.2. The quantitative estimate of drug-likeness (QED) is 0.742. The molecule has 3 N–H and O–H groups in total. The maximum Gasteiger partial charge on any atom is 0.241 e. The molecule has 0 atom stereocenters. The SMILES string of the molecule is Cc1ccc(NC(=O)CNS(=O)(=O)c2ccc3c(c2)CC(=O)N3)c(C)c1. The Morgan fingerprint density at radius 3 is 2.65 bits per heavy atom. The van der Waals surface area contributed by atoms with Crippen molar-refractivity contribution < 1.29 is 18.0 Å². The third-order valence-electron chi connectivity index (χ3n) is 4.09. The van der Waals surface area contributed by atoms with Gasteiger partial charge in [0.25, 0.3) is 0 Å². The zero-order chi connectivity index (χ0) is 18.9. The van der Waals surface area contributed by atoms with E-state index in [9.17, 15) is 18.0 Å². The van der Waals surface area contributed by atoms with Gasteiger partial charge in [-0.05, 0) is 49.2 Å². The molecule has 2 amide bonds. The Morgan fingerprint density at radius 2 is 1.92 bits per heavy atom. The van der Waals surface area contributed by atoms with Crippen molar-refractivity contribution in [1.29, 1.82) is 0 Å². The largest absolute Gasteiger partial charge is 0.326 e. The lowest BCUT2D eigenvalue weighted by Crippen LogP contribution is -2.33. The number of nitrogens with one attached hydrogen (secondary N) is 3. The zero-order valence-corrected chi connectivity index (χ0v) is 15.2. The third-order valence-corrected chi connectivity index (χ3v) is 5.49. The molecular weight excluding hydrogens is 354 g/mol. The molecule has 1 heterocycles. The summed E-state index contributed by atoms with van der Waals surface area (Å²) in [5.74, 6) is -0.631. The fourth-order valence-corrected chi connectivity index (χ4v) is 3.80. The number of rotatable bonds is 5. The van der Waals surface area contributed by atoms with Gasteiger partial charge in [0.1, 0.15) is 0 Å². The first-order valence-electron chi connectivity index (χ1n) is 8.04. The summed E-state index contributed by atoms with van der Waals surface area (Å²) in [5, 5.41) is 5.33.